The molecule has 0 atom stereocenters. The SMILES string of the molecule is CC1CCN(S(=O)(=O)NCC2(N)CCCCC2)CC1.Cl. The van der Waals surface area contributed by atoms with E-state index >= 15 is 0 Å². The monoisotopic (exact) mass is 325 g/mol. The largest absolute Gasteiger partial charge is 0.324 e. The average Bonchev–Trinajstić information content (AvgIpc) is 2.38. The molecule has 0 unspecified atom stereocenters. The molecule has 2 fully saturated rings. The molecule has 0 aromatic heterocycles. The maximum atomic E-state index is 12.2. The average molecular weight is 326 g/mol. The van der Waals surface area contributed by atoms with Crippen LogP contribution in [0.5, 0.6) is 0 Å². The van der Waals surface area contributed by atoms with Crippen LogP contribution in [0.2, 0.25) is 0 Å². The maximum absolute atomic E-state index is 12.2. The second kappa shape index (κ2) is 7.40. The standard InChI is InChI=1S/C13H27N3O2S.ClH/c1-12-5-9-16(10-6-12)19(17,18)15-11-13(14)7-3-2-4-8-13;/h12,15H,2-11,14H2,1H3;1H. The molecule has 3 N–H and O–H groups in total. The molecule has 0 radical (unpaired) electrons. The van der Waals surface area contributed by atoms with Crippen LogP contribution in [0.1, 0.15) is 51.9 Å². The third-order valence-corrected chi connectivity index (χ3v) is 6.09. The number of nitrogens with one attached hydrogen (secondary N) is 1. The maximum Gasteiger partial charge on any atom is 0.279 e. The molecule has 120 valence electrons. The Morgan fingerprint density at radius 1 is 1.20 bits per heavy atom. The van der Waals surface area contributed by atoms with Crippen molar-refractivity contribution in [2.75, 3.05) is 19.6 Å². The predicted octanol–water partition coefficient (Wildman–Crippen LogP) is 1.64. The fraction of sp³-hybridized carbons (Fsp3) is 1.00. The molecule has 1 saturated carbocycles. The lowest BCUT2D eigenvalue weighted by atomic mass is 9.83. The van der Waals surface area contributed by atoms with Crippen molar-refractivity contribution in [2.24, 2.45) is 11.7 Å². The van der Waals surface area contributed by atoms with Gasteiger partial charge in [0.2, 0.25) is 0 Å². The van der Waals surface area contributed by atoms with Gasteiger partial charge in [-0.1, -0.05) is 26.2 Å². The lowest BCUT2D eigenvalue weighted by molar-refractivity contribution is 0.273. The van der Waals surface area contributed by atoms with E-state index < -0.39 is 10.2 Å². The van der Waals surface area contributed by atoms with Gasteiger partial charge in [0.25, 0.3) is 10.2 Å². The smallest absolute Gasteiger partial charge is 0.279 e. The van der Waals surface area contributed by atoms with E-state index in [1.165, 1.54) is 6.42 Å². The molecular formula is C13H28ClN3O2S. The van der Waals surface area contributed by atoms with Crippen LogP contribution >= 0.6 is 12.4 Å². The summed E-state index contributed by atoms with van der Waals surface area (Å²) in [5.41, 5.74) is 5.93. The Bertz CT molecular complexity index is 388. The normalized spacial score (nSPS) is 25.1. The topological polar surface area (TPSA) is 75.4 Å². The summed E-state index contributed by atoms with van der Waals surface area (Å²) in [6.07, 6.45) is 7.19. The fourth-order valence-electron chi connectivity index (χ4n) is 2.98. The first-order chi connectivity index (χ1) is 8.91. The fourth-order valence-corrected chi connectivity index (χ4v) is 4.33. The Kier molecular flexibility index (Phi) is 6.73. The Labute approximate surface area is 129 Å². The van der Waals surface area contributed by atoms with Gasteiger partial charge in [0.05, 0.1) is 0 Å². The number of halogens is 1. The molecule has 20 heavy (non-hydrogen) atoms. The molecule has 0 aromatic carbocycles. The highest BCUT2D eigenvalue weighted by atomic mass is 35.5. The molecular weight excluding hydrogens is 298 g/mol. The van der Waals surface area contributed by atoms with Crippen LogP contribution in [0.25, 0.3) is 0 Å². The van der Waals surface area contributed by atoms with Gasteiger partial charge in [-0.2, -0.15) is 12.7 Å². The van der Waals surface area contributed by atoms with E-state index in [1.807, 2.05) is 0 Å². The summed E-state index contributed by atoms with van der Waals surface area (Å²) in [5.74, 6) is 0.630. The molecule has 7 heteroatoms. The minimum absolute atomic E-state index is 0. The van der Waals surface area contributed by atoms with E-state index in [0.717, 1.165) is 38.5 Å². The minimum atomic E-state index is -3.34. The van der Waals surface area contributed by atoms with Crippen molar-refractivity contribution in [3.63, 3.8) is 0 Å². The number of rotatable bonds is 4. The second-order valence-electron chi connectivity index (χ2n) is 6.33. The van der Waals surface area contributed by atoms with Crippen LogP contribution in [-0.4, -0.2) is 37.9 Å². The number of hydrogen-bond acceptors (Lipinski definition) is 3. The van der Waals surface area contributed by atoms with Crippen molar-refractivity contribution in [3.05, 3.63) is 0 Å². The zero-order valence-corrected chi connectivity index (χ0v) is 13.9. The molecule has 5 nitrogen and oxygen atoms in total. The first kappa shape index (κ1) is 18.2. The van der Waals surface area contributed by atoms with Crippen LogP contribution in [0.15, 0.2) is 0 Å². The van der Waals surface area contributed by atoms with Crippen molar-refractivity contribution in [1.29, 1.82) is 0 Å². The van der Waals surface area contributed by atoms with Crippen LogP contribution in [0.3, 0.4) is 0 Å². The van der Waals surface area contributed by atoms with Crippen LogP contribution in [0, 0.1) is 5.92 Å². The Morgan fingerprint density at radius 2 is 1.75 bits per heavy atom. The van der Waals surface area contributed by atoms with Crippen molar-refractivity contribution < 1.29 is 8.42 Å². The molecule has 2 rings (SSSR count). The number of piperidine rings is 1. The highest BCUT2D eigenvalue weighted by molar-refractivity contribution is 7.87. The van der Waals surface area contributed by atoms with Gasteiger partial charge in [0, 0.05) is 25.2 Å². The van der Waals surface area contributed by atoms with Crippen molar-refractivity contribution >= 4 is 22.6 Å². The molecule has 1 heterocycles. The predicted molar refractivity (Wildman–Crippen MR) is 84.1 cm³/mol. The van der Waals surface area contributed by atoms with Crippen LogP contribution in [-0.2, 0) is 10.2 Å². The Morgan fingerprint density at radius 3 is 2.30 bits per heavy atom. The molecule has 1 aliphatic carbocycles. The van der Waals surface area contributed by atoms with E-state index in [2.05, 4.69) is 11.6 Å². The lowest BCUT2D eigenvalue weighted by Gasteiger charge is -2.35. The third-order valence-electron chi connectivity index (χ3n) is 4.54. The van der Waals surface area contributed by atoms with Crippen molar-refractivity contribution in [3.8, 4) is 0 Å². The van der Waals surface area contributed by atoms with Gasteiger partial charge in [-0.05, 0) is 31.6 Å². The highest BCUT2D eigenvalue weighted by Gasteiger charge is 2.31. The summed E-state index contributed by atoms with van der Waals surface area (Å²) in [6.45, 7) is 3.82. The van der Waals surface area contributed by atoms with E-state index in [9.17, 15) is 8.42 Å². The summed E-state index contributed by atoms with van der Waals surface area (Å²) < 4.78 is 28.8. The van der Waals surface area contributed by atoms with E-state index in [4.69, 9.17) is 5.73 Å². The second-order valence-corrected chi connectivity index (χ2v) is 8.09. The molecule has 1 saturated heterocycles. The Hall–Kier alpha value is 0.120. The summed E-state index contributed by atoms with van der Waals surface area (Å²) in [5, 5.41) is 0. The molecule has 2 aliphatic rings. The summed E-state index contributed by atoms with van der Waals surface area (Å²) in [6, 6.07) is 0. The van der Waals surface area contributed by atoms with Gasteiger partial charge in [-0.25, -0.2) is 4.72 Å². The quantitative estimate of drug-likeness (QED) is 0.825. The summed E-state index contributed by atoms with van der Waals surface area (Å²) in [4.78, 5) is 0. The third kappa shape index (κ3) is 4.84. The molecule has 0 amide bonds. The van der Waals surface area contributed by atoms with Crippen molar-refractivity contribution in [2.45, 2.75) is 57.4 Å². The number of nitrogens with zero attached hydrogens (tertiary/aromatic N) is 1. The first-order valence-corrected chi connectivity index (χ1v) is 8.89. The molecule has 0 aromatic rings. The summed E-state index contributed by atoms with van der Waals surface area (Å²) >= 11 is 0. The van der Waals surface area contributed by atoms with E-state index in [-0.39, 0.29) is 17.9 Å². The van der Waals surface area contributed by atoms with Gasteiger partial charge < -0.3 is 5.73 Å². The van der Waals surface area contributed by atoms with Gasteiger partial charge in [0.15, 0.2) is 0 Å². The number of nitrogens with two attached hydrogens (primary N) is 1. The lowest BCUT2D eigenvalue weighted by Crippen LogP contribution is -2.54. The molecule has 1 aliphatic heterocycles. The van der Waals surface area contributed by atoms with Crippen LogP contribution in [0.4, 0.5) is 0 Å². The minimum Gasteiger partial charge on any atom is -0.324 e. The molecule has 0 spiro atoms. The van der Waals surface area contributed by atoms with Crippen molar-refractivity contribution in [1.82, 2.24) is 9.03 Å². The summed E-state index contributed by atoms with van der Waals surface area (Å²) in [7, 11) is -3.34. The number of hydrogen-bond donors (Lipinski definition) is 2. The molecule has 0 bridgehead atoms. The highest BCUT2D eigenvalue weighted by Crippen LogP contribution is 2.25. The van der Waals surface area contributed by atoms with Crippen LogP contribution < -0.4 is 10.5 Å². The van der Waals surface area contributed by atoms with E-state index in [1.54, 1.807) is 4.31 Å². The van der Waals surface area contributed by atoms with E-state index in [0.29, 0.717) is 25.6 Å². The zero-order valence-electron chi connectivity index (χ0n) is 12.3. The zero-order chi connectivity index (χ0) is 13.9. The van der Waals surface area contributed by atoms with Gasteiger partial charge >= 0.3 is 0 Å². The van der Waals surface area contributed by atoms with Gasteiger partial charge in [0.1, 0.15) is 0 Å². The Balaban J connectivity index is 0.00000200. The van der Waals surface area contributed by atoms with Gasteiger partial charge in [-0.3, -0.25) is 0 Å². The first-order valence-electron chi connectivity index (χ1n) is 7.45. The van der Waals surface area contributed by atoms with Gasteiger partial charge in [-0.15, -0.1) is 12.4 Å².